The number of hydrogen-bond acceptors (Lipinski definition) is 5. The van der Waals surface area contributed by atoms with Crippen LogP contribution in [0.3, 0.4) is 0 Å². The summed E-state index contributed by atoms with van der Waals surface area (Å²) in [5, 5.41) is 3.14. The summed E-state index contributed by atoms with van der Waals surface area (Å²) >= 11 is 16.9. The highest BCUT2D eigenvalue weighted by molar-refractivity contribution is 7.80. The fraction of sp³-hybridized carbons (Fsp3) is 0.286. The number of unbranched alkanes of at least 4 members (excludes halogenated alkanes) is 1. The van der Waals surface area contributed by atoms with Crippen LogP contribution in [0.4, 0.5) is 0 Å². The quantitative estimate of drug-likeness (QED) is 0.295. The van der Waals surface area contributed by atoms with Gasteiger partial charge >= 0.3 is 0 Å². The molecular weight excluding hydrogens is 461 g/mol. The largest absolute Gasteiger partial charge is 0.494 e. The molecule has 0 aliphatic heterocycles. The smallest absolute Gasteiger partial charge is 0.279 e. The lowest BCUT2D eigenvalue weighted by Gasteiger charge is -2.17. The van der Waals surface area contributed by atoms with Crippen LogP contribution in [0.1, 0.15) is 37.0 Å². The van der Waals surface area contributed by atoms with E-state index in [4.69, 9.17) is 44.9 Å². The molecule has 3 N–H and O–H groups in total. The second kappa shape index (κ2) is 12.3. The number of benzene rings is 2. The van der Waals surface area contributed by atoms with E-state index in [1.165, 1.54) is 13.0 Å². The van der Waals surface area contributed by atoms with Gasteiger partial charge in [-0.15, -0.1) is 0 Å². The molecule has 166 valence electrons. The predicted molar refractivity (Wildman–Crippen MR) is 125 cm³/mol. The molecule has 0 aliphatic rings. The molecule has 0 saturated carbocycles. The average Bonchev–Trinajstić information content (AvgIpc) is 2.74. The van der Waals surface area contributed by atoms with Crippen molar-refractivity contribution in [2.24, 2.45) is 0 Å². The number of nitrogens with one attached hydrogen (secondary N) is 3. The molecule has 2 rings (SSSR count). The van der Waals surface area contributed by atoms with Crippen molar-refractivity contribution in [3.63, 3.8) is 0 Å². The zero-order chi connectivity index (χ0) is 22.8. The molecule has 10 heteroatoms. The summed E-state index contributed by atoms with van der Waals surface area (Å²) in [6, 6.07) is 11.4. The summed E-state index contributed by atoms with van der Waals surface area (Å²) in [5.74, 6) is -0.0513. The Kier molecular flexibility index (Phi) is 9.84. The fourth-order valence-electron chi connectivity index (χ4n) is 2.30. The Morgan fingerprint density at radius 2 is 1.90 bits per heavy atom. The molecule has 1 atom stereocenters. The van der Waals surface area contributed by atoms with Gasteiger partial charge in [0.2, 0.25) is 0 Å². The highest BCUT2D eigenvalue weighted by Crippen LogP contribution is 2.28. The third-order valence-corrected chi connectivity index (χ3v) is 4.69. The van der Waals surface area contributed by atoms with Crippen LogP contribution in [0.15, 0.2) is 42.5 Å². The van der Waals surface area contributed by atoms with Crippen LogP contribution in [0, 0.1) is 0 Å². The third kappa shape index (κ3) is 8.24. The molecule has 2 amide bonds. The first-order chi connectivity index (χ1) is 14.8. The van der Waals surface area contributed by atoms with Gasteiger partial charge in [-0.3, -0.25) is 25.8 Å². The van der Waals surface area contributed by atoms with Crippen molar-refractivity contribution in [3.8, 4) is 11.5 Å². The van der Waals surface area contributed by atoms with E-state index in [2.05, 4.69) is 23.1 Å². The van der Waals surface area contributed by atoms with E-state index in [9.17, 15) is 9.59 Å². The summed E-state index contributed by atoms with van der Waals surface area (Å²) in [6.07, 6.45) is 1.06. The highest BCUT2D eigenvalue weighted by Gasteiger charge is 2.17. The number of hydrogen-bond donors (Lipinski definition) is 3. The minimum Gasteiger partial charge on any atom is -0.494 e. The maximum Gasteiger partial charge on any atom is 0.279 e. The first-order valence-corrected chi connectivity index (χ1v) is 10.7. The van der Waals surface area contributed by atoms with Crippen LogP contribution >= 0.6 is 35.4 Å². The highest BCUT2D eigenvalue weighted by atomic mass is 35.5. The van der Waals surface area contributed by atoms with E-state index in [0.717, 1.165) is 12.8 Å². The normalized spacial score (nSPS) is 11.2. The van der Waals surface area contributed by atoms with Crippen LogP contribution in [-0.2, 0) is 4.79 Å². The van der Waals surface area contributed by atoms with E-state index in [-0.39, 0.29) is 10.1 Å². The van der Waals surface area contributed by atoms with Crippen molar-refractivity contribution < 1.29 is 19.1 Å². The molecule has 0 radical (unpaired) electrons. The van der Waals surface area contributed by atoms with E-state index >= 15 is 0 Å². The molecule has 1 unspecified atom stereocenters. The number of hydrazine groups is 1. The minimum atomic E-state index is -0.887. The Morgan fingerprint density at radius 3 is 2.61 bits per heavy atom. The molecule has 0 bridgehead atoms. The van der Waals surface area contributed by atoms with E-state index in [1.807, 2.05) is 0 Å². The van der Waals surface area contributed by atoms with Crippen molar-refractivity contribution >= 4 is 52.3 Å². The molecule has 0 aromatic heterocycles. The second-order valence-corrected chi connectivity index (χ2v) is 7.71. The second-order valence-electron chi connectivity index (χ2n) is 6.46. The van der Waals surface area contributed by atoms with Gasteiger partial charge in [-0.25, -0.2) is 0 Å². The Bertz CT molecular complexity index is 943. The van der Waals surface area contributed by atoms with Gasteiger partial charge in [0.1, 0.15) is 11.5 Å². The summed E-state index contributed by atoms with van der Waals surface area (Å²) < 4.78 is 11.1. The lowest BCUT2D eigenvalue weighted by Crippen LogP contribution is -2.51. The zero-order valence-corrected chi connectivity index (χ0v) is 19.4. The van der Waals surface area contributed by atoms with Crippen LogP contribution in [0.25, 0.3) is 0 Å². The predicted octanol–water partition coefficient (Wildman–Crippen LogP) is 4.28. The monoisotopic (exact) mass is 483 g/mol. The molecule has 7 nitrogen and oxygen atoms in total. The van der Waals surface area contributed by atoms with Crippen LogP contribution < -0.4 is 25.6 Å². The van der Waals surface area contributed by atoms with Gasteiger partial charge in [-0.2, -0.15) is 0 Å². The maximum absolute atomic E-state index is 12.4. The standard InChI is InChI=1S/C21H23Cl2N3O4S/c1-3-4-10-29-16-7-5-6-14(11-16)20(28)24-21(31)26-25-19(27)13(2)30-18-9-8-15(22)12-17(18)23/h5-9,11-13H,3-4,10H2,1-2H3,(H,25,27)(H2,24,26,28,31). The van der Waals surface area contributed by atoms with Crippen molar-refractivity contribution in [1.29, 1.82) is 0 Å². The van der Waals surface area contributed by atoms with Crippen LogP contribution in [0.5, 0.6) is 11.5 Å². The first kappa shape index (κ1) is 24.7. The van der Waals surface area contributed by atoms with Crippen molar-refractivity contribution in [2.75, 3.05) is 6.61 Å². The van der Waals surface area contributed by atoms with E-state index in [1.54, 1.807) is 36.4 Å². The van der Waals surface area contributed by atoms with Gasteiger partial charge in [-0.05, 0) is 62.0 Å². The number of amides is 2. The molecule has 0 spiro atoms. The van der Waals surface area contributed by atoms with Crippen molar-refractivity contribution in [2.45, 2.75) is 32.8 Å². The third-order valence-electron chi connectivity index (χ3n) is 3.96. The Labute approximate surface area is 196 Å². The van der Waals surface area contributed by atoms with Gasteiger partial charge in [-0.1, -0.05) is 42.6 Å². The molecule has 2 aromatic carbocycles. The molecule has 0 saturated heterocycles. The topological polar surface area (TPSA) is 88.7 Å². The fourth-order valence-corrected chi connectivity index (χ4v) is 2.90. The van der Waals surface area contributed by atoms with Crippen LogP contribution in [0.2, 0.25) is 10.0 Å². The molecule has 2 aromatic rings. The molecular formula is C21H23Cl2N3O4S. The number of thiocarbonyl (C=S) groups is 1. The number of carbonyl (C=O) groups is 2. The number of carbonyl (C=O) groups excluding carboxylic acids is 2. The lowest BCUT2D eigenvalue weighted by atomic mass is 10.2. The summed E-state index contributed by atoms with van der Waals surface area (Å²) in [6.45, 7) is 4.18. The summed E-state index contributed by atoms with van der Waals surface area (Å²) in [5.41, 5.74) is 5.21. The maximum atomic E-state index is 12.4. The van der Waals surface area contributed by atoms with Gasteiger partial charge in [0.15, 0.2) is 11.2 Å². The van der Waals surface area contributed by atoms with E-state index in [0.29, 0.717) is 28.7 Å². The minimum absolute atomic E-state index is 0.0765. The lowest BCUT2D eigenvalue weighted by molar-refractivity contribution is -0.127. The van der Waals surface area contributed by atoms with Crippen LogP contribution in [-0.4, -0.2) is 29.6 Å². The number of ether oxygens (including phenoxy) is 2. The first-order valence-electron chi connectivity index (χ1n) is 9.56. The Balaban J connectivity index is 1.82. The SMILES string of the molecule is CCCCOc1cccc(C(=O)NC(=S)NNC(=O)C(C)Oc2ccc(Cl)cc2Cl)c1. The van der Waals surface area contributed by atoms with Crippen molar-refractivity contribution in [1.82, 2.24) is 16.2 Å². The van der Waals surface area contributed by atoms with Gasteiger partial charge in [0.05, 0.1) is 11.6 Å². The number of halogens is 2. The average molecular weight is 484 g/mol. The van der Waals surface area contributed by atoms with Gasteiger partial charge in [0, 0.05) is 10.6 Å². The Hall–Kier alpha value is -2.55. The van der Waals surface area contributed by atoms with E-state index < -0.39 is 17.9 Å². The van der Waals surface area contributed by atoms with Crippen molar-refractivity contribution in [3.05, 3.63) is 58.1 Å². The zero-order valence-electron chi connectivity index (χ0n) is 17.0. The molecule has 31 heavy (non-hydrogen) atoms. The molecule has 0 aliphatic carbocycles. The number of rotatable bonds is 8. The Morgan fingerprint density at radius 1 is 1.13 bits per heavy atom. The summed E-state index contributed by atoms with van der Waals surface area (Å²) in [7, 11) is 0. The van der Waals surface area contributed by atoms with Gasteiger partial charge in [0.25, 0.3) is 11.8 Å². The molecule has 0 heterocycles. The summed E-state index contributed by atoms with van der Waals surface area (Å²) in [4.78, 5) is 24.6. The molecule has 0 fully saturated rings. The van der Waals surface area contributed by atoms with Gasteiger partial charge < -0.3 is 9.47 Å².